The molecule has 2 N–H and O–H groups in total. The average molecular weight is 362 g/mol. The van der Waals surface area contributed by atoms with Crippen molar-refractivity contribution in [3.63, 3.8) is 0 Å². The van der Waals surface area contributed by atoms with E-state index in [4.69, 9.17) is 4.74 Å². The monoisotopic (exact) mass is 362 g/mol. The average Bonchev–Trinajstić information content (AvgIpc) is 2.99. The quantitative estimate of drug-likeness (QED) is 0.773. The van der Waals surface area contributed by atoms with Gasteiger partial charge in [-0.15, -0.1) is 0 Å². The van der Waals surface area contributed by atoms with Crippen LogP contribution in [0.25, 0.3) is 0 Å². The Labute approximate surface area is 153 Å². The molecular formula is C19H26N2O5. The molecule has 2 rings (SSSR count). The molecular weight excluding hydrogens is 336 g/mol. The van der Waals surface area contributed by atoms with Crippen molar-refractivity contribution in [3.05, 3.63) is 29.8 Å². The zero-order valence-electron chi connectivity index (χ0n) is 15.4. The number of carboxylic acids is 1. The minimum absolute atomic E-state index is 0.0549. The maximum atomic E-state index is 12.7. The Morgan fingerprint density at radius 2 is 2.04 bits per heavy atom. The van der Waals surface area contributed by atoms with Crippen molar-refractivity contribution in [2.75, 3.05) is 19.7 Å². The molecule has 1 heterocycles. The molecule has 0 spiro atoms. The second-order valence-electron chi connectivity index (χ2n) is 6.86. The first-order chi connectivity index (χ1) is 12.3. The van der Waals surface area contributed by atoms with Crippen LogP contribution in [0.1, 0.15) is 45.2 Å². The number of rotatable bonds is 7. The fraction of sp³-hybridized carbons (Fsp3) is 0.526. The van der Waals surface area contributed by atoms with Crippen molar-refractivity contribution in [2.24, 2.45) is 5.41 Å². The largest absolute Gasteiger partial charge is 0.494 e. The number of para-hydroxylation sites is 1. The number of likely N-dealkylation sites (tertiary alicyclic amines) is 1. The van der Waals surface area contributed by atoms with Crippen LogP contribution < -0.4 is 10.1 Å². The van der Waals surface area contributed by atoms with E-state index in [9.17, 15) is 19.5 Å². The van der Waals surface area contributed by atoms with Crippen LogP contribution >= 0.6 is 0 Å². The SMILES string of the molecule is CCOc1ccccc1[C@@H](CC(=O)N1CC[C@@](C)(C(=O)O)C1)NC(C)=O. The predicted molar refractivity (Wildman–Crippen MR) is 95.7 cm³/mol. The first-order valence-corrected chi connectivity index (χ1v) is 8.77. The molecule has 1 fully saturated rings. The minimum atomic E-state index is -0.914. The molecule has 1 aliphatic rings. The van der Waals surface area contributed by atoms with Gasteiger partial charge < -0.3 is 20.1 Å². The van der Waals surface area contributed by atoms with Crippen LogP contribution in [0.3, 0.4) is 0 Å². The second kappa shape index (κ2) is 8.21. The summed E-state index contributed by atoms with van der Waals surface area (Å²) < 4.78 is 5.62. The number of carbonyl (C=O) groups excluding carboxylic acids is 2. The lowest BCUT2D eigenvalue weighted by Crippen LogP contribution is -2.37. The van der Waals surface area contributed by atoms with Crippen LogP contribution in [0, 0.1) is 5.41 Å². The zero-order chi connectivity index (χ0) is 19.3. The summed E-state index contributed by atoms with van der Waals surface area (Å²) >= 11 is 0. The Morgan fingerprint density at radius 1 is 1.35 bits per heavy atom. The van der Waals surface area contributed by atoms with Crippen molar-refractivity contribution in [2.45, 2.75) is 39.7 Å². The number of benzene rings is 1. The van der Waals surface area contributed by atoms with Gasteiger partial charge in [-0.05, 0) is 26.3 Å². The number of ether oxygens (including phenoxy) is 1. The highest BCUT2D eigenvalue weighted by Crippen LogP contribution is 2.32. The minimum Gasteiger partial charge on any atom is -0.494 e. The van der Waals surface area contributed by atoms with Crippen LogP contribution in [0.5, 0.6) is 5.75 Å². The highest BCUT2D eigenvalue weighted by Gasteiger charge is 2.42. The zero-order valence-corrected chi connectivity index (χ0v) is 15.4. The van der Waals surface area contributed by atoms with Gasteiger partial charge in [0.25, 0.3) is 0 Å². The van der Waals surface area contributed by atoms with E-state index in [0.29, 0.717) is 25.3 Å². The summed E-state index contributed by atoms with van der Waals surface area (Å²) in [6, 6.07) is 6.76. The Morgan fingerprint density at radius 3 is 2.62 bits per heavy atom. The molecule has 0 unspecified atom stereocenters. The summed E-state index contributed by atoms with van der Waals surface area (Å²) in [5.41, 5.74) is -0.180. The van der Waals surface area contributed by atoms with Crippen molar-refractivity contribution in [1.82, 2.24) is 10.2 Å². The molecule has 1 aromatic carbocycles. The number of amides is 2. The molecule has 7 heteroatoms. The van der Waals surface area contributed by atoms with E-state index in [2.05, 4.69) is 5.32 Å². The third-order valence-corrected chi connectivity index (χ3v) is 4.69. The van der Waals surface area contributed by atoms with Gasteiger partial charge in [-0.2, -0.15) is 0 Å². The predicted octanol–water partition coefficient (Wildman–Crippen LogP) is 1.98. The lowest BCUT2D eigenvalue weighted by atomic mass is 9.90. The molecule has 0 saturated carbocycles. The van der Waals surface area contributed by atoms with E-state index in [1.807, 2.05) is 25.1 Å². The standard InChI is InChI=1S/C19H26N2O5/c1-4-26-16-8-6-5-7-14(16)15(20-13(2)22)11-17(23)21-10-9-19(3,12-21)18(24)25/h5-8,15H,4,9-12H2,1-3H3,(H,20,22)(H,24,25)/t15-,19-/m1/s1. The van der Waals surface area contributed by atoms with E-state index in [0.717, 1.165) is 5.56 Å². The van der Waals surface area contributed by atoms with Crippen molar-refractivity contribution in [3.8, 4) is 5.75 Å². The van der Waals surface area contributed by atoms with Gasteiger partial charge in [0.05, 0.1) is 24.5 Å². The van der Waals surface area contributed by atoms with E-state index >= 15 is 0 Å². The van der Waals surface area contributed by atoms with Gasteiger partial charge in [0.1, 0.15) is 5.75 Å². The van der Waals surface area contributed by atoms with Gasteiger partial charge in [-0.1, -0.05) is 18.2 Å². The van der Waals surface area contributed by atoms with E-state index < -0.39 is 17.4 Å². The molecule has 0 bridgehead atoms. The fourth-order valence-electron chi connectivity index (χ4n) is 3.19. The molecule has 2 amide bonds. The molecule has 7 nitrogen and oxygen atoms in total. The number of hydrogen-bond acceptors (Lipinski definition) is 4. The number of nitrogens with one attached hydrogen (secondary N) is 1. The number of hydrogen-bond donors (Lipinski definition) is 2. The molecule has 1 aliphatic heterocycles. The summed E-state index contributed by atoms with van der Waals surface area (Å²) in [5, 5.41) is 12.1. The van der Waals surface area contributed by atoms with Gasteiger partial charge in [-0.25, -0.2) is 0 Å². The highest BCUT2D eigenvalue weighted by molar-refractivity contribution is 5.82. The Balaban J connectivity index is 2.17. The maximum absolute atomic E-state index is 12.7. The van der Waals surface area contributed by atoms with Crippen molar-refractivity contribution >= 4 is 17.8 Å². The third kappa shape index (κ3) is 4.53. The maximum Gasteiger partial charge on any atom is 0.311 e. The summed E-state index contributed by atoms with van der Waals surface area (Å²) in [4.78, 5) is 37.3. The van der Waals surface area contributed by atoms with Gasteiger partial charge in [0, 0.05) is 25.6 Å². The Hall–Kier alpha value is -2.57. The lowest BCUT2D eigenvalue weighted by Gasteiger charge is -2.24. The first kappa shape index (κ1) is 19.8. The summed E-state index contributed by atoms with van der Waals surface area (Å²) in [7, 11) is 0. The number of aliphatic carboxylic acids is 1. The van der Waals surface area contributed by atoms with Crippen molar-refractivity contribution in [1.29, 1.82) is 0 Å². The summed E-state index contributed by atoms with van der Waals surface area (Å²) in [6.07, 6.45) is 0.480. The topological polar surface area (TPSA) is 95.9 Å². The van der Waals surface area contributed by atoms with Gasteiger partial charge in [0.2, 0.25) is 11.8 Å². The summed E-state index contributed by atoms with van der Waals surface area (Å²) in [5.74, 6) is -0.697. The third-order valence-electron chi connectivity index (χ3n) is 4.69. The lowest BCUT2D eigenvalue weighted by molar-refractivity contribution is -0.147. The molecule has 0 aromatic heterocycles. The van der Waals surface area contributed by atoms with Crippen LogP contribution in [-0.4, -0.2) is 47.5 Å². The van der Waals surface area contributed by atoms with Crippen LogP contribution in [-0.2, 0) is 14.4 Å². The molecule has 142 valence electrons. The number of carbonyl (C=O) groups is 3. The molecule has 0 aliphatic carbocycles. The van der Waals surface area contributed by atoms with Crippen LogP contribution in [0.15, 0.2) is 24.3 Å². The molecule has 0 radical (unpaired) electrons. The van der Waals surface area contributed by atoms with E-state index in [1.54, 1.807) is 17.9 Å². The number of nitrogens with zero attached hydrogens (tertiary/aromatic N) is 1. The molecule has 26 heavy (non-hydrogen) atoms. The molecule has 1 saturated heterocycles. The van der Waals surface area contributed by atoms with E-state index in [1.165, 1.54) is 6.92 Å². The van der Waals surface area contributed by atoms with Gasteiger partial charge in [-0.3, -0.25) is 14.4 Å². The van der Waals surface area contributed by atoms with Crippen molar-refractivity contribution < 1.29 is 24.2 Å². The van der Waals surface area contributed by atoms with Crippen LogP contribution in [0.4, 0.5) is 0 Å². The first-order valence-electron chi connectivity index (χ1n) is 8.77. The normalized spacial score (nSPS) is 20.5. The summed E-state index contributed by atoms with van der Waals surface area (Å²) in [6.45, 7) is 5.98. The Kier molecular flexibility index (Phi) is 6.23. The van der Waals surface area contributed by atoms with Gasteiger partial charge in [0.15, 0.2) is 0 Å². The second-order valence-corrected chi connectivity index (χ2v) is 6.86. The molecule has 2 atom stereocenters. The highest BCUT2D eigenvalue weighted by atomic mass is 16.5. The Bertz CT molecular complexity index is 690. The smallest absolute Gasteiger partial charge is 0.311 e. The fourth-order valence-corrected chi connectivity index (χ4v) is 3.19. The van der Waals surface area contributed by atoms with Crippen LogP contribution in [0.2, 0.25) is 0 Å². The molecule has 1 aromatic rings. The van der Waals surface area contributed by atoms with E-state index in [-0.39, 0.29) is 24.8 Å². The number of carboxylic acid groups (broad SMARTS) is 1. The van der Waals surface area contributed by atoms with Gasteiger partial charge >= 0.3 is 5.97 Å².